The van der Waals surface area contributed by atoms with E-state index < -0.39 is 0 Å². The van der Waals surface area contributed by atoms with Crippen molar-refractivity contribution in [3.63, 3.8) is 0 Å². The first-order valence-electron chi connectivity index (χ1n) is 5.27. The van der Waals surface area contributed by atoms with Crippen LogP contribution in [0.15, 0.2) is 12.1 Å². The fourth-order valence-electron chi connectivity index (χ4n) is 1.95. The Morgan fingerprint density at radius 3 is 2.69 bits per heavy atom. The van der Waals surface area contributed by atoms with Crippen LogP contribution >= 0.6 is 11.6 Å². The lowest BCUT2D eigenvalue weighted by Gasteiger charge is -2.31. The zero-order valence-electron chi connectivity index (χ0n) is 8.96. The Bertz CT molecular complexity index is 399. The molecular formula is C11H15ClN4. The summed E-state index contributed by atoms with van der Waals surface area (Å²) >= 11 is 6.00. The maximum atomic E-state index is 7.42. The molecule has 0 saturated carbocycles. The van der Waals surface area contributed by atoms with E-state index in [2.05, 4.69) is 10.2 Å². The van der Waals surface area contributed by atoms with Crippen LogP contribution in [-0.4, -0.2) is 32.4 Å². The minimum Gasteiger partial charge on any atom is -0.398 e. The van der Waals surface area contributed by atoms with Crippen LogP contribution in [0.2, 0.25) is 5.02 Å². The Morgan fingerprint density at radius 1 is 1.38 bits per heavy atom. The van der Waals surface area contributed by atoms with E-state index in [1.807, 2.05) is 6.07 Å². The van der Waals surface area contributed by atoms with Crippen molar-refractivity contribution in [1.29, 1.82) is 5.41 Å². The number of anilines is 2. The van der Waals surface area contributed by atoms with E-state index in [1.54, 1.807) is 6.07 Å². The molecule has 0 radical (unpaired) electrons. The van der Waals surface area contributed by atoms with Crippen LogP contribution in [-0.2, 0) is 0 Å². The minimum atomic E-state index is 0.566. The molecule has 1 fully saturated rings. The lowest BCUT2D eigenvalue weighted by atomic mass is 10.1. The van der Waals surface area contributed by atoms with Gasteiger partial charge in [-0.15, -0.1) is 0 Å². The van der Waals surface area contributed by atoms with Crippen LogP contribution in [0.4, 0.5) is 11.4 Å². The summed E-state index contributed by atoms with van der Waals surface area (Å²) in [4.78, 5) is 2.21. The lowest BCUT2D eigenvalue weighted by Crippen LogP contribution is -2.44. The van der Waals surface area contributed by atoms with Gasteiger partial charge in [0.1, 0.15) is 0 Å². The number of rotatable bonds is 2. The molecule has 0 atom stereocenters. The third kappa shape index (κ3) is 2.13. The van der Waals surface area contributed by atoms with E-state index in [0.29, 0.717) is 10.7 Å². The van der Waals surface area contributed by atoms with Crippen molar-refractivity contribution in [3.05, 3.63) is 22.7 Å². The van der Waals surface area contributed by atoms with E-state index in [-0.39, 0.29) is 0 Å². The van der Waals surface area contributed by atoms with E-state index >= 15 is 0 Å². The second kappa shape index (κ2) is 4.72. The first kappa shape index (κ1) is 11.2. The Kier molecular flexibility index (Phi) is 3.31. The van der Waals surface area contributed by atoms with Gasteiger partial charge < -0.3 is 21.4 Å². The third-order valence-corrected chi connectivity index (χ3v) is 2.98. The Balaban J connectivity index is 2.40. The highest BCUT2D eigenvalue weighted by atomic mass is 35.5. The third-order valence-electron chi connectivity index (χ3n) is 2.76. The van der Waals surface area contributed by atoms with E-state index in [4.69, 9.17) is 22.7 Å². The van der Waals surface area contributed by atoms with Crippen LogP contribution in [0, 0.1) is 5.41 Å². The first-order valence-corrected chi connectivity index (χ1v) is 5.65. The molecule has 1 saturated heterocycles. The summed E-state index contributed by atoms with van der Waals surface area (Å²) < 4.78 is 0. The van der Waals surface area contributed by atoms with Crippen LogP contribution in [0.1, 0.15) is 5.56 Å². The van der Waals surface area contributed by atoms with Gasteiger partial charge in [0.15, 0.2) is 0 Å². The van der Waals surface area contributed by atoms with Crippen molar-refractivity contribution in [2.75, 3.05) is 36.8 Å². The Labute approximate surface area is 99.9 Å². The van der Waals surface area contributed by atoms with Crippen LogP contribution in [0.3, 0.4) is 0 Å². The number of nitrogens with two attached hydrogens (primary N) is 1. The molecule has 1 aromatic rings. The molecule has 0 bridgehead atoms. The molecule has 0 spiro atoms. The van der Waals surface area contributed by atoms with Crippen molar-refractivity contribution in [2.24, 2.45) is 0 Å². The SMILES string of the molecule is N=Cc1c(N)cc(Cl)cc1N1CCNCC1. The number of piperazine rings is 1. The molecule has 0 amide bonds. The molecule has 5 heteroatoms. The van der Waals surface area contributed by atoms with Gasteiger partial charge in [0.25, 0.3) is 0 Å². The molecule has 1 heterocycles. The van der Waals surface area contributed by atoms with Gasteiger partial charge in [-0.1, -0.05) is 11.6 Å². The quantitative estimate of drug-likeness (QED) is 0.538. The van der Waals surface area contributed by atoms with E-state index in [9.17, 15) is 0 Å². The number of halogens is 1. The largest absolute Gasteiger partial charge is 0.398 e. The van der Waals surface area contributed by atoms with Gasteiger partial charge in [-0.2, -0.15) is 0 Å². The van der Waals surface area contributed by atoms with Crippen molar-refractivity contribution < 1.29 is 0 Å². The summed E-state index contributed by atoms with van der Waals surface area (Å²) in [5.41, 5.74) is 8.14. The van der Waals surface area contributed by atoms with Gasteiger partial charge in [0.2, 0.25) is 0 Å². The summed E-state index contributed by atoms with van der Waals surface area (Å²) in [6.07, 6.45) is 1.29. The molecule has 0 aliphatic carbocycles. The topological polar surface area (TPSA) is 65.1 Å². The van der Waals surface area contributed by atoms with Crippen molar-refractivity contribution >= 4 is 29.2 Å². The van der Waals surface area contributed by atoms with Crippen molar-refractivity contribution in [1.82, 2.24) is 5.32 Å². The van der Waals surface area contributed by atoms with Gasteiger partial charge in [0, 0.05) is 54.4 Å². The van der Waals surface area contributed by atoms with Crippen molar-refractivity contribution in [3.8, 4) is 0 Å². The average Bonchev–Trinajstić information content (AvgIpc) is 2.29. The second-order valence-electron chi connectivity index (χ2n) is 3.81. The monoisotopic (exact) mass is 238 g/mol. The molecule has 2 rings (SSSR count). The summed E-state index contributed by atoms with van der Waals surface area (Å²) in [5, 5.41) is 11.3. The first-order chi connectivity index (χ1) is 7.72. The molecule has 0 aromatic heterocycles. The zero-order valence-corrected chi connectivity index (χ0v) is 9.72. The number of hydrogen-bond donors (Lipinski definition) is 3. The van der Waals surface area contributed by atoms with Crippen LogP contribution < -0.4 is 16.0 Å². The molecule has 4 N–H and O–H groups in total. The molecule has 4 nitrogen and oxygen atoms in total. The summed E-state index contributed by atoms with van der Waals surface area (Å²) in [6.45, 7) is 3.73. The molecule has 1 aliphatic heterocycles. The molecule has 16 heavy (non-hydrogen) atoms. The van der Waals surface area contributed by atoms with Crippen LogP contribution in [0.5, 0.6) is 0 Å². The highest BCUT2D eigenvalue weighted by molar-refractivity contribution is 6.31. The number of hydrogen-bond acceptors (Lipinski definition) is 4. The maximum Gasteiger partial charge on any atom is 0.0491 e. The summed E-state index contributed by atoms with van der Waals surface area (Å²) in [7, 11) is 0. The fraction of sp³-hybridized carbons (Fsp3) is 0.364. The highest BCUT2D eigenvalue weighted by Crippen LogP contribution is 2.29. The molecule has 86 valence electrons. The van der Waals surface area contributed by atoms with E-state index in [0.717, 1.165) is 37.4 Å². The zero-order chi connectivity index (χ0) is 11.5. The van der Waals surface area contributed by atoms with Crippen molar-refractivity contribution in [2.45, 2.75) is 0 Å². The Hall–Kier alpha value is -1.26. The van der Waals surface area contributed by atoms with Crippen LogP contribution in [0.25, 0.3) is 0 Å². The number of nitrogens with zero attached hydrogens (tertiary/aromatic N) is 1. The smallest absolute Gasteiger partial charge is 0.0491 e. The number of benzene rings is 1. The van der Waals surface area contributed by atoms with E-state index in [1.165, 1.54) is 6.21 Å². The normalized spacial score (nSPS) is 16.2. The number of nitrogen functional groups attached to an aromatic ring is 1. The van der Waals surface area contributed by atoms with Gasteiger partial charge >= 0.3 is 0 Å². The Morgan fingerprint density at radius 2 is 2.06 bits per heavy atom. The van der Waals surface area contributed by atoms with Gasteiger partial charge in [-0.25, -0.2) is 0 Å². The predicted octanol–water partition coefficient (Wildman–Crippen LogP) is 1.33. The molecular weight excluding hydrogens is 224 g/mol. The van der Waals surface area contributed by atoms with Gasteiger partial charge in [-0.05, 0) is 12.1 Å². The molecule has 1 aliphatic rings. The molecule has 0 unspecified atom stereocenters. The standard InChI is InChI=1S/C11H15ClN4/c12-8-5-10(14)9(7-13)11(6-8)16-3-1-15-2-4-16/h5-7,13,15H,1-4,14H2. The summed E-state index contributed by atoms with van der Waals surface area (Å²) in [5.74, 6) is 0. The van der Waals surface area contributed by atoms with Gasteiger partial charge in [0.05, 0.1) is 0 Å². The second-order valence-corrected chi connectivity index (χ2v) is 4.25. The average molecular weight is 239 g/mol. The predicted molar refractivity (Wildman–Crippen MR) is 68.8 cm³/mol. The molecule has 1 aromatic carbocycles. The minimum absolute atomic E-state index is 0.566. The fourth-order valence-corrected chi connectivity index (χ4v) is 2.17. The number of nitrogens with one attached hydrogen (secondary N) is 2. The summed E-state index contributed by atoms with van der Waals surface area (Å²) in [6, 6.07) is 3.57. The lowest BCUT2D eigenvalue weighted by molar-refractivity contribution is 0.589. The highest BCUT2D eigenvalue weighted by Gasteiger charge is 2.15. The van der Waals surface area contributed by atoms with Gasteiger partial charge in [-0.3, -0.25) is 0 Å². The maximum absolute atomic E-state index is 7.42.